The van der Waals surface area contributed by atoms with E-state index in [0.29, 0.717) is 12.1 Å². The van der Waals surface area contributed by atoms with Crippen LogP contribution in [0.25, 0.3) is 0 Å². The fraction of sp³-hybridized carbons (Fsp3) is 0.455. The smallest absolute Gasteiger partial charge is 0.146 e. The standard InChI is InChI=1S/C11H14ClFN2.ClH/c12-10-3-1-2-9(11(10)13)8-15-6-4-14-5-7-15;/h1-3,14H,4-8H2;1H. The molecule has 0 saturated carbocycles. The number of piperazine rings is 1. The third-order valence-electron chi connectivity index (χ3n) is 2.64. The van der Waals surface area contributed by atoms with Crippen molar-refractivity contribution in [1.29, 1.82) is 0 Å². The highest BCUT2D eigenvalue weighted by Crippen LogP contribution is 2.19. The Kier molecular flexibility index (Phi) is 5.49. The summed E-state index contributed by atoms with van der Waals surface area (Å²) < 4.78 is 13.6. The molecular formula is C11H15Cl2FN2. The molecule has 5 heteroatoms. The number of hydrogen-bond donors (Lipinski definition) is 1. The summed E-state index contributed by atoms with van der Waals surface area (Å²) in [6.45, 7) is 4.52. The van der Waals surface area contributed by atoms with Crippen molar-refractivity contribution in [2.45, 2.75) is 6.54 Å². The van der Waals surface area contributed by atoms with Crippen LogP contribution in [0.15, 0.2) is 18.2 Å². The SMILES string of the molecule is Cl.Fc1c(Cl)cccc1CN1CCNCC1. The summed E-state index contributed by atoms with van der Waals surface area (Å²) in [4.78, 5) is 2.23. The molecule has 1 heterocycles. The maximum atomic E-state index is 13.6. The number of nitrogens with zero attached hydrogens (tertiary/aromatic N) is 1. The normalized spacial score (nSPS) is 16.9. The minimum absolute atomic E-state index is 0. The summed E-state index contributed by atoms with van der Waals surface area (Å²) in [6, 6.07) is 5.17. The van der Waals surface area contributed by atoms with Crippen LogP contribution in [0.1, 0.15) is 5.56 Å². The first kappa shape index (κ1) is 13.7. The van der Waals surface area contributed by atoms with Crippen molar-refractivity contribution in [2.24, 2.45) is 0 Å². The van der Waals surface area contributed by atoms with E-state index in [1.165, 1.54) is 0 Å². The second-order valence-corrected chi connectivity index (χ2v) is 4.15. The van der Waals surface area contributed by atoms with Gasteiger partial charge in [-0.15, -0.1) is 12.4 Å². The summed E-state index contributed by atoms with van der Waals surface area (Å²) in [5.74, 6) is -0.280. The highest BCUT2D eigenvalue weighted by atomic mass is 35.5. The van der Waals surface area contributed by atoms with Crippen molar-refractivity contribution in [3.63, 3.8) is 0 Å². The Morgan fingerprint density at radius 3 is 2.69 bits per heavy atom. The largest absolute Gasteiger partial charge is 0.314 e. The van der Waals surface area contributed by atoms with Gasteiger partial charge in [0, 0.05) is 38.3 Å². The molecule has 0 aliphatic carbocycles. The van der Waals surface area contributed by atoms with Gasteiger partial charge in [-0.05, 0) is 6.07 Å². The van der Waals surface area contributed by atoms with Gasteiger partial charge in [-0.2, -0.15) is 0 Å². The minimum Gasteiger partial charge on any atom is -0.314 e. The van der Waals surface area contributed by atoms with Crippen molar-refractivity contribution in [3.8, 4) is 0 Å². The number of benzene rings is 1. The van der Waals surface area contributed by atoms with E-state index in [-0.39, 0.29) is 23.2 Å². The Hall–Kier alpha value is -0.350. The minimum atomic E-state index is -0.280. The Bertz CT molecular complexity index is 341. The predicted molar refractivity (Wildman–Crippen MR) is 66.8 cm³/mol. The van der Waals surface area contributed by atoms with Crippen LogP contribution >= 0.6 is 24.0 Å². The zero-order chi connectivity index (χ0) is 10.7. The van der Waals surface area contributed by atoms with Crippen LogP contribution < -0.4 is 5.32 Å². The quantitative estimate of drug-likeness (QED) is 0.882. The highest BCUT2D eigenvalue weighted by molar-refractivity contribution is 6.30. The fourth-order valence-corrected chi connectivity index (χ4v) is 1.97. The third-order valence-corrected chi connectivity index (χ3v) is 2.93. The first-order valence-corrected chi connectivity index (χ1v) is 5.51. The van der Waals surface area contributed by atoms with Crippen molar-refractivity contribution in [3.05, 3.63) is 34.6 Å². The lowest BCUT2D eigenvalue weighted by Gasteiger charge is -2.27. The first-order chi connectivity index (χ1) is 7.27. The molecule has 1 aliphatic rings. The lowest BCUT2D eigenvalue weighted by Crippen LogP contribution is -2.43. The van der Waals surface area contributed by atoms with Crippen LogP contribution in [0.4, 0.5) is 4.39 Å². The van der Waals surface area contributed by atoms with Crippen LogP contribution in [-0.2, 0) is 6.54 Å². The second-order valence-electron chi connectivity index (χ2n) is 3.74. The topological polar surface area (TPSA) is 15.3 Å². The summed E-state index contributed by atoms with van der Waals surface area (Å²) in [6.07, 6.45) is 0. The highest BCUT2D eigenvalue weighted by Gasteiger charge is 2.13. The molecule has 0 aromatic heterocycles. The molecule has 2 nitrogen and oxygen atoms in total. The predicted octanol–water partition coefficient (Wildman–Crippen LogP) is 2.31. The number of halogens is 3. The molecule has 0 unspecified atom stereocenters. The van der Waals surface area contributed by atoms with E-state index in [9.17, 15) is 4.39 Å². The zero-order valence-corrected chi connectivity index (χ0v) is 10.5. The third kappa shape index (κ3) is 3.32. The summed E-state index contributed by atoms with van der Waals surface area (Å²) in [5.41, 5.74) is 0.685. The molecule has 0 spiro atoms. The van der Waals surface area contributed by atoms with E-state index >= 15 is 0 Å². The second kappa shape index (κ2) is 6.40. The van der Waals surface area contributed by atoms with Gasteiger partial charge < -0.3 is 5.32 Å². The molecule has 0 bridgehead atoms. The van der Waals surface area contributed by atoms with Gasteiger partial charge >= 0.3 is 0 Å². The molecule has 2 rings (SSSR count). The Morgan fingerprint density at radius 1 is 1.31 bits per heavy atom. The van der Waals surface area contributed by atoms with Crippen LogP contribution in [0.2, 0.25) is 5.02 Å². The average Bonchev–Trinajstić information content (AvgIpc) is 2.26. The van der Waals surface area contributed by atoms with E-state index in [1.807, 2.05) is 0 Å². The number of nitrogens with one attached hydrogen (secondary N) is 1. The molecule has 1 aromatic carbocycles. The van der Waals surface area contributed by atoms with Crippen LogP contribution in [0.3, 0.4) is 0 Å². The van der Waals surface area contributed by atoms with Crippen LogP contribution in [0, 0.1) is 5.82 Å². The Balaban J connectivity index is 0.00000128. The van der Waals surface area contributed by atoms with Gasteiger partial charge in [0.15, 0.2) is 0 Å². The average molecular weight is 265 g/mol. The van der Waals surface area contributed by atoms with Crippen LogP contribution in [0.5, 0.6) is 0 Å². The molecule has 1 fully saturated rings. The molecule has 1 N–H and O–H groups in total. The van der Waals surface area contributed by atoms with Crippen LogP contribution in [-0.4, -0.2) is 31.1 Å². The Labute approximate surface area is 106 Å². The van der Waals surface area contributed by atoms with Crippen molar-refractivity contribution in [2.75, 3.05) is 26.2 Å². The lowest BCUT2D eigenvalue weighted by molar-refractivity contribution is 0.230. The number of rotatable bonds is 2. The van der Waals surface area contributed by atoms with Gasteiger partial charge in [-0.3, -0.25) is 4.90 Å². The van der Waals surface area contributed by atoms with E-state index < -0.39 is 0 Å². The Morgan fingerprint density at radius 2 is 2.00 bits per heavy atom. The lowest BCUT2D eigenvalue weighted by atomic mass is 10.2. The maximum absolute atomic E-state index is 13.6. The van der Waals surface area contributed by atoms with Gasteiger partial charge in [-0.1, -0.05) is 23.7 Å². The number of hydrogen-bond acceptors (Lipinski definition) is 2. The molecule has 0 radical (unpaired) electrons. The maximum Gasteiger partial charge on any atom is 0.146 e. The molecule has 0 atom stereocenters. The fourth-order valence-electron chi connectivity index (χ4n) is 1.78. The molecule has 1 saturated heterocycles. The monoisotopic (exact) mass is 264 g/mol. The molecule has 0 amide bonds. The molecule has 1 aliphatic heterocycles. The molecule has 16 heavy (non-hydrogen) atoms. The zero-order valence-electron chi connectivity index (χ0n) is 8.88. The van der Waals surface area contributed by atoms with Gasteiger partial charge in [0.1, 0.15) is 5.82 Å². The summed E-state index contributed by atoms with van der Waals surface area (Å²) in [7, 11) is 0. The van der Waals surface area contributed by atoms with Crippen molar-refractivity contribution in [1.82, 2.24) is 10.2 Å². The van der Waals surface area contributed by atoms with Crippen molar-refractivity contribution < 1.29 is 4.39 Å². The molecule has 90 valence electrons. The molecule has 1 aromatic rings. The van der Waals surface area contributed by atoms with Gasteiger partial charge in [-0.25, -0.2) is 4.39 Å². The molecular weight excluding hydrogens is 250 g/mol. The van der Waals surface area contributed by atoms with E-state index in [1.54, 1.807) is 18.2 Å². The first-order valence-electron chi connectivity index (χ1n) is 5.13. The van der Waals surface area contributed by atoms with Gasteiger partial charge in [0.05, 0.1) is 5.02 Å². The van der Waals surface area contributed by atoms with E-state index in [0.717, 1.165) is 26.2 Å². The van der Waals surface area contributed by atoms with E-state index in [2.05, 4.69) is 10.2 Å². The van der Waals surface area contributed by atoms with Gasteiger partial charge in [0.2, 0.25) is 0 Å². The van der Waals surface area contributed by atoms with Gasteiger partial charge in [0.25, 0.3) is 0 Å². The summed E-state index contributed by atoms with van der Waals surface area (Å²) >= 11 is 5.73. The van der Waals surface area contributed by atoms with Crippen molar-refractivity contribution >= 4 is 24.0 Å². The van der Waals surface area contributed by atoms with E-state index in [4.69, 9.17) is 11.6 Å². The summed E-state index contributed by atoms with van der Waals surface area (Å²) in [5, 5.41) is 3.48.